The minimum absolute atomic E-state index is 0.217. The summed E-state index contributed by atoms with van der Waals surface area (Å²) in [5.74, 6) is 0. The van der Waals surface area contributed by atoms with Gasteiger partial charge in [-0.25, -0.2) is 8.42 Å². The summed E-state index contributed by atoms with van der Waals surface area (Å²) in [5, 5.41) is 0. The molecule has 0 bridgehead atoms. The molecule has 128 valence electrons. The Kier molecular flexibility index (Phi) is 4.88. The van der Waals surface area contributed by atoms with Gasteiger partial charge < -0.3 is 4.90 Å². The highest BCUT2D eigenvalue weighted by atomic mass is 32.2. The van der Waals surface area contributed by atoms with Crippen LogP contribution in [0.1, 0.15) is 30.3 Å². The van der Waals surface area contributed by atoms with E-state index in [1.54, 1.807) is 30.7 Å². The first kappa shape index (κ1) is 16.9. The molecule has 0 saturated carbocycles. The van der Waals surface area contributed by atoms with E-state index < -0.39 is 10.0 Å². The van der Waals surface area contributed by atoms with Crippen LogP contribution >= 0.6 is 0 Å². The topological polar surface area (TPSA) is 79.3 Å². The molecule has 2 aromatic heterocycles. The Morgan fingerprint density at radius 2 is 2.08 bits per heavy atom. The Hall–Kier alpha value is -1.90. The van der Waals surface area contributed by atoms with E-state index in [1.807, 2.05) is 19.0 Å². The number of rotatable bonds is 5. The number of sulfonamides is 1. The maximum absolute atomic E-state index is 12.9. The van der Waals surface area contributed by atoms with Gasteiger partial charge in [0.05, 0.1) is 23.6 Å². The molecule has 7 nitrogen and oxygen atoms in total. The fourth-order valence-corrected chi connectivity index (χ4v) is 4.58. The van der Waals surface area contributed by atoms with Crippen molar-refractivity contribution in [3.63, 3.8) is 0 Å². The average Bonchev–Trinajstić information content (AvgIpc) is 3.06. The second-order valence-electron chi connectivity index (χ2n) is 6.14. The Morgan fingerprint density at radius 3 is 2.79 bits per heavy atom. The van der Waals surface area contributed by atoms with Crippen LogP contribution in [0, 0.1) is 0 Å². The molecule has 24 heavy (non-hydrogen) atoms. The minimum atomic E-state index is -3.58. The van der Waals surface area contributed by atoms with Crippen LogP contribution in [0.2, 0.25) is 0 Å². The van der Waals surface area contributed by atoms with Gasteiger partial charge in [-0.2, -0.15) is 4.31 Å². The first-order valence-corrected chi connectivity index (χ1v) is 9.30. The monoisotopic (exact) mass is 347 g/mol. The lowest BCUT2D eigenvalue weighted by molar-refractivity contribution is 0.378. The minimum Gasteiger partial charge on any atom is -0.304 e. The van der Waals surface area contributed by atoms with Gasteiger partial charge in [0, 0.05) is 31.7 Å². The molecule has 3 rings (SSSR count). The molecule has 0 N–H and O–H groups in total. The fourth-order valence-electron chi connectivity index (χ4n) is 2.94. The van der Waals surface area contributed by atoms with Crippen molar-refractivity contribution in [1.82, 2.24) is 24.2 Å². The predicted octanol–water partition coefficient (Wildman–Crippen LogP) is 1.46. The van der Waals surface area contributed by atoms with Gasteiger partial charge in [0.25, 0.3) is 0 Å². The van der Waals surface area contributed by atoms with Crippen molar-refractivity contribution in [3.8, 4) is 0 Å². The number of hydrogen-bond acceptors (Lipinski definition) is 6. The summed E-state index contributed by atoms with van der Waals surface area (Å²) < 4.78 is 27.3. The normalized spacial score (nSPS) is 19.0. The summed E-state index contributed by atoms with van der Waals surface area (Å²) in [6, 6.07) is 2.94. The van der Waals surface area contributed by atoms with Crippen LogP contribution in [0.25, 0.3) is 0 Å². The van der Waals surface area contributed by atoms with Crippen LogP contribution in [0.3, 0.4) is 0 Å². The third-order valence-corrected chi connectivity index (χ3v) is 5.86. The number of hydrogen-bond donors (Lipinski definition) is 0. The first-order chi connectivity index (χ1) is 11.5. The highest BCUT2D eigenvalue weighted by Crippen LogP contribution is 2.35. The van der Waals surface area contributed by atoms with Gasteiger partial charge in [0.2, 0.25) is 10.0 Å². The zero-order chi connectivity index (χ0) is 17.2. The summed E-state index contributed by atoms with van der Waals surface area (Å²) in [6.45, 7) is 1.16. The smallest absolute Gasteiger partial charge is 0.245 e. The summed E-state index contributed by atoms with van der Waals surface area (Å²) in [6.07, 6.45) is 7.90. The molecular weight excluding hydrogens is 326 g/mol. The Labute approximate surface area is 142 Å². The van der Waals surface area contributed by atoms with Gasteiger partial charge in [-0.1, -0.05) is 0 Å². The maximum atomic E-state index is 12.9. The van der Waals surface area contributed by atoms with Crippen LogP contribution in [0.15, 0.2) is 41.8 Å². The van der Waals surface area contributed by atoms with E-state index in [4.69, 9.17) is 0 Å². The van der Waals surface area contributed by atoms with Crippen LogP contribution in [0.5, 0.6) is 0 Å². The van der Waals surface area contributed by atoms with Crippen LogP contribution in [-0.4, -0.2) is 53.2 Å². The largest absolute Gasteiger partial charge is 0.304 e. The highest BCUT2D eigenvalue weighted by molar-refractivity contribution is 7.89. The van der Waals surface area contributed by atoms with Gasteiger partial charge in [-0.05, 0) is 39.1 Å². The van der Waals surface area contributed by atoms with Gasteiger partial charge in [0.15, 0.2) is 0 Å². The molecule has 0 spiro atoms. The van der Waals surface area contributed by atoms with Crippen molar-refractivity contribution in [3.05, 3.63) is 48.3 Å². The Balaban J connectivity index is 1.91. The van der Waals surface area contributed by atoms with Crippen molar-refractivity contribution in [2.24, 2.45) is 0 Å². The standard InChI is InChI=1S/C16H21N5O2S/c1-20(2)12-13-9-18-11-15(19-13)16-6-4-8-21(16)24(22,23)14-5-3-7-17-10-14/h3,5,7,9-11,16H,4,6,8,12H2,1-2H3/t16-/m1/s1. The van der Waals surface area contributed by atoms with E-state index in [0.29, 0.717) is 18.8 Å². The van der Waals surface area contributed by atoms with E-state index in [9.17, 15) is 8.42 Å². The summed E-state index contributed by atoms with van der Waals surface area (Å²) in [7, 11) is 0.344. The van der Waals surface area contributed by atoms with Gasteiger partial charge >= 0.3 is 0 Å². The summed E-state index contributed by atoms with van der Waals surface area (Å²) in [4.78, 5) is 15.0. The van der Waals surface area contributed by atoms with E-state index in [0.717, 1.165) is 18.5 Å². The first-order valence-electron chi connectivity index (χ1n) is 7.86. The van der Waals surface area contributed by atoms with Gasteiger partial charge in [-0.15, -0.1) is 0 Å². The maximum Gasteiger partial charge on any atom is 0.245 e. The molecule has 1 aliphatic heterocycles. The van der Waals surface area contributed by atoms with Crippen molar-refractivity contribution in [1.29, 1.82) is 0 Å². The lowest BCUT2D eigenvalue weighted by Crippen LogP contribution is -2.31. The molecule has 1 fully saturated rings. The summed E-state index contributed by atoms with van der Waals surface area (Å²) in [5.41, 5.74) is 1.54. The second-order valence-corrected chi connectivity index (χ2v) is 8.03. The zero-order valence-electron chi connectivity index (χ0n) is 13.8. The summed E-state index contributed by atoms with van der Waals surface area (Å²) >= 11 is 0. The Bertz CT molecular complexity index is 795. The van der Waals surface area contributed by atoms with Crippen molar-refractivity contribution < 1.29 is 8.42 Å². The van der Waals surface area contributed by atoms with Gasteiger partial charge in [0.1, 0.15) is 4.90 Å². The molecular formula is C16H21N5O2S. The molecule has 8 heteroatoms. The molecule has 1 saturated heterocycles. The molecule has 0 amide bonds. The van der Waals surface area contributed by atoms with Crippen LogP contribution < -0.4 is 0 Å². The molecule has 0 unspecified atom stereocenters. The van der Waals surface area contributed by atoms with Gasteiger partial charge in [-0.3, -0.25) is 15.0 Å². The predicted molar refractivity (Wildman–Crippen MR) is 89.5 cm³/mol. The number of aromatic nitrogens is 3. The average molecular weight is 347 g/mol. The molecule has 0 aliphatic carbocycles. The SMILES string of the molecule is CN(C)Cc1cncc([C@H]2CCCN2S(=O)(=O)c2cccnc2)n1. The second kappa shape index (κ2) is 6.92. The third-order valence-electron chi connectivity index (χ3n) is 3.97. The third kappa shape index (κ3) is 3.45. The van der Waals surface area contributed by atoms with E-state index in [-0.39, 0.29) is 10.9 Å². The molecule has 0 radical (unpaired) electrons. The molecule has 3 heterocycles. The lowest BCUT2D eigenvalue weighted by Gasteiger charge is -2.23. The molecule has 0 aromatic carbocycles. The van der Waals surface area contributed by atoms with Crippen molar-refractivity contribution in [2.45, 2.75) is 30.3 Å². The molecule has 2 aromatic rings. The number of nitrogens with zero attached hydrogens (tertiary/aromatic N) is 5. The molecule has 1 atom stereocenters. The number of pyridine rings is 1. The van der Waals surface area contributed by atoms with Crippen molar-refractivity contribution >= 4 is 10.0 Å². The highest BCUT2D eigenvalue weighted by Gasteiger charge is 2.37. The molecule has 1 aliphatic rings. The van der Waals surface area contributed by atoms with Crippen molar-refractivity contribution in [2.75, 3.05) is 20.6 Å². The quantitative estimate of drug-likeness (QED) is 0.815. The zero-order valence-corrected chi connectivity index (χ0v) is 14.6. The van der Waals surface area contributed by atoms with E-state index in [2.05, 4.69) is 15.0 Å². The van der Waals surface area contributed by atoms with E-state index >= 15 is 0 Å². The van der Waals surface area contributed by atoms with E-state index in [1.165, 1.54) is 10.5 Å². The van der Waals surface area contributed by atoms with Crippen LogP contribution in [-0.2, 0) is 16.6 Å². The Morgan fingerprint density at radius 1 is 1.25 bits per heavy atom. The lowest BCUT2D eigenvalue weighted by atomic mass is 10.1. The van der Waals surface area contributed by atoms with Crippen LogP contribution in [0.4, 0.5) is 0 Å². The fraction of sp³-hybridized carbons (Fsp3) is 0.438.